The molecule has 23 heavy (non-hydrogen) atoms. The van der Waals surface area contributed by atoms with Crippen molar-refractivity contribution in [3.8, 4) is 0 Å². The second kappa shape index (κ2) is 6.26. The van der Waals surface area contributed by atoms with Crippen molar-refractivity contribution < 1.29 is 14.3 Å². The van der Waals surface area contributed by atoms with Gasteiger partial charge in [0, 0.05) is 27.2 Å². The van der Waals surface area contributed by atoms with Crippen LogP contribution in [0.4, 0.5) is 0 Å². The summed E-state index contributed by atoms with van der Waals surface area (Å²) in [7, 11) is 0. The number of hydrogen-bond donors (Lipinski definition) is 1. The molecule has 1 aromatic heterocycles. The van der Waals surface area contributed by atoms with Gasteiger partial charge in [0.1, 0.15) is 0 Å². The number of aromatic amines is 1. The fraction of sp³-hybridized carbons (Fsp3) is 0.111. The van der Waals surface area contributed by atoms with Crippen molar-refractivity contribution in [1.29, 1.82) is 0 Å². The maximum atomic E-state index is 12.4. The van der Waals surface area contributed by atoms with Crippen LogP contribution in [0, 0.1) is 6.92 Å². The molecule has 0 fully saturated rings. The predicted octanol–water partition coefficient (Wildman–Crippen LogP) is 4.17. The zero-order valence-electron chi connectivity index (χ0n) is 12.4. The number of Topliss-reactive ketones (excluding diaryl/α,β-unsaturated/α-hetero) is 1. The van der Waals surface area contributed by atoms with Gasteiger partial charge in [-0.25, -0.2) is 4.79 Å². The number of halogens is 1. The van der Waals surface area contributed by atoms with E-state index in [0.717, 1.165) is 16.6 Å². The highest BCUT2D eigenvalue weighted by molar-refractivity contribution is 6.30. The lowest BCUT2D eigenvalue weighted by Gasteiger charge is -2.05. The number of rotatable bonds is 4. The molecule has 116 valence electrons. The molecule has 1 heterocycles. The number of H-pyrrole nitrogens is 1. The number of fused-ring (bicyclic) bond motifs is 1. The van der Waals surface area contributed by atoms with Crippen LogP contribution in [0.3, 0.4) is 0 Å². The minimum atomic E-state index is -0.571. The van der Waals surface area contributed by atoms with Gasteiger partial charge >= 0.3 is 5.97 Å². The first-order valence-corrected chi connectivity index (χ1v) is 7.47. The maximum absolute atomic E-state index is 12.4. The average Bonchev–Trinajstić information content (AvgIpc) is 2.88. The molecule has 0 radical (unpaired) electrons. The van der Waals surface area contributed by atoms with Gasteiger partial charge in [-0.1, -0.05) is 35.9 Å². The summed E-state index contributed by atoms with van der Waals surface area (Å²) >= 11 is 5.84. The van der Waals surface area contributed by atoms with Gasteiger partial charge in [0.2, 0.25) is 5.78 Å². The molecule has 1 N–H and O–H groups in total. The molecule has 0 aliphatic heterocycles. The zero-order valence-corrected chi connectivity index (χ0v) is 13.2. The van der Waals surface area contributed by atoms with E-state index in [2.05, 4.69) is 4.98 Å². The lowest BCUT2D eigenvalue weighted by atomic mass is 10.1. The Morgan fingerprint density at radius 3 is 2.70 bits per heavy atom. The first-order valence-electron chi connectivity index (χ1n) is 7.09. The summed E-state index contributed by atoms with van der Waals surface area (Å²) in [5.41, 5.74) is 2.52. The molecule has 0 saturated heterocycles. The second-order valence-electron chi connectivity index (χ2n) is 5.18. The molecule has 0 aliphatic rings. The number of para-hydroxylation sites is 1. The Morgan fingerprint density at radius 2 is 1.91 bits per heavy atom. The van der Waals surface area contributed by atoms with Crippen LogP contribution in [0.1, 0.15) is 26.4 Å². The van der Waals surface area contributed by atoms with E-state index in [1.807, 2.05) is 31.2 Å². The van der Waals surface area contributed by atoms with Crippen LogP contribution in [-0.4, -0.2) is 23.3 Å². The summed E-state index contributed by atoms with van der Waals surface area (Å²) in [5.74, 6) is -0.811. The van der Waals surface area contributed by atoms with E-state index in [4.69, 9.17) is 16.3 Å². The number of ether oxygens (including phenoxy) is 1. The van der Waals surface area contributed by atoms with Crippen LogP contribution in [0.2, 0.25) is 5.02 Å². The SMILES string of the molecule is Cc1[nH]c2ccccc2c1C(=O)COC(=O)c1cccc(Cl)c1. The van der Waals surface area contributed by atoms with E-state index < -0.39 is 5.97 Å². The van der Waals surface area contributed by atoms with Crippen molar-refractivity contribution in [2.75, 3.05) is 6.61 Å². The van der Waals surface area contributed by atoms with Gasteiger partial charge in [0.15, 0.2) is 6.61 Å². The first-order chi connectivity index (χ1) is 11.1. The van der Waals surface area contributed by atoms with Crippen LogP contribution in [0.15, 0.2) is 48.5 Å². The minimum Gasteiger partial charge on any atom is -0.454 e. The molecule has 2 aromatic carbocycles. The Morgan fingerprint density at radius 1 is 1.13 bits per heavy atom. The Hall–Kier alpha value is -2.59. The number of benzene rings is 2. The van der Waals surface area contributed by atoms with E-state index in [0.29, 0.717) is 16.1 Å². The zero-order chi connectivity index (χ0) is 16.4. The Bertz CT molecular complexity index is 898. The molecule has 3 aromatic rings. The minimum absolute atomic E-state index is 0.240. The summed E-state index contributed by atoms with van der Waals surface area (Å²) in [5, 5.41) is 1.27. The van der Waals surface area contributed by atoms with E-state index in [-0.39, 0.29) is 12.4 Å². The summed E-state index contributed by atoms with van der Waals surface area (Å²) in [6.45, 7) is 1.51. The van der Waals surface area contributed by atoms with Crippen LogP contribution in [0.25, 0.3) is 10.9 Å². The summed E-state index contributed by atoms with van der Waals surface area (Å²) < 4.78 is 5.11. The summed E-state index contributed by atoms with van der Waals surface area (Å²) in [6.07, 6.45) is 0. The molecule has 0 spiro atoms. The number of carbonyl (C=O) groups is 2. The van der Waals surface area contributed by atoms with Gasteiger partial charge in [-0.2, -0.15) is 0 Å². The Labute approximate surface area is 138 Å². The van der Waals surface area contributed by atoms with Gasteiger partial charge in [-0.05, 0) is 31.2 Å². The highest BCUT2D eigenvalue weighted by Gasteiger charge is 2.18. The molecular formula is C18H14ClNO3. The number of nitrogens with one attached hydrogen (secondary N) is 1. The number of aromatic nitrogens is 1. The van der Waals surface area contributed by atoms with Crippen molar-refractivity contribution in [1.82, 2.24) is 4.98 Å². The van der Waals surface area contributed by atoms with Crippen molar-refractivity contribution in [3.63, 3.8) is 0 Å². The van der Waals surface area contributed by atoms with E-state index >= 15 is 0 Å². The molecule has 0 saturated carbocycles. The highest BCUT2D eigenvalue weighted by Crippen LogP contribution is 2.22. The topological polar surface area (TPSA) is 59.2 Å². The monoisotopic (exact) mass is 327 g/mol. The quantitative estimate of drug-likeness (QED) is 0.578. The fourth-order valence-corrected chi connectivity index (χ4v) is 2.73. The van der Waals surface area contributed by atoms with E-state index in [1.165, 1.54) is 6.07 Å². The van der Waals surface area contributed by atoms with Crippen molar-refractivity contribution in [3.05, 3.63) is 70.4 Å². The molecule has 5 heteroatoms. The third kappa shape index (κ3) is 3.12. The largest absolute Gasteiger partial charge is 0.454 e. The standard InChI is InChI=1S/C18H14ClNO3/c1-11-17(14-7-2-3-8-15(14)20-11)16(21)10-23-18(22)12-5-4-6-13(19)9-12/h2-9,20H,10H2,1H3. The van der Waals surface area contributed by atoms with Gasteiger partial charge in [0.25, 0.3) is 0 Å². The third-order valence-electron chi connectivity index (χ3n) is 3.57. The van der Waals surface area contributed by atoms with Crippen LogP contribution in [0.5, 0.6) is 0 Å². The van der Waals surface area contributed by atoms with E-state index in [1.54, 1.807) is 18.2 Å². The van der Waals surface area contributed by atoms with Crippen molar-refractivity contribution >= 4 is 34.3 Å². The summed E-state index contributed by atoms with van der Waals surface area (Å²) in [4.78, 5) is 27.6. The van der Waals surface area contributed by atoms with Gasteiger partial charge in [-0.15, -0.1) is 0 Å². The lowest BCUT2D eigenvalue weighted by Crippen LogP contribution is -2.14. The smallest absolute Gasteiger partial charge is 0.338 e. The number of aryl methyl sites for hydroxylation is 1. The normalized spacial score (nSPS) is 10.7. The van der Waals surface area contributed by atoms with Gasteiger partial charge in [0.05, 0.1) is 5.56 Å². The lowest BCUT2D eigenvalue weighted by molar-refractivity contribution is 0.0475. The Balaban J connectivity index is 1.76. The predicted molar refractivity (Wildman–Crippen MR) is 89.1 cm³/mol. The van der Waals surface area contributed by atoms with Gasteiger partial charge < -0.3 is 9.72 Å². The Kier molecular flexibility index (Phi) is 4.17. The van der Waals surface area contributed by atoms with Crippen molar-refractivity contribution in [2.24, 2.45) is 0 Å². The second-order valence-corrected chi connectivity index (χ2v) is 5.62. The van der Waals surface area contributed by atoms with Gasteiger partial charge in [-0.3, -0.25) is 4.79 Å². The molecule has 0 unspecified atom stereocenters. The number of carbonyl (C=O) groups excluding carboxylic acids is 2. The van der Waals surface area contributed by atoms with Crippen LogP contribution >= 0.6 is 11.6 Å². The molecule has 0 aliphatic carbocycles. The fourth-order valence-electron chi connectivity index (χ4n) is 2.54. The molecule has 0 amide bonds. The number of esters is 1. The molecule has 3 rings (SSSR count). The first kappa shape index (κ1) is 15.3. The summed E-state index contributed by atoms with van der Waals surface area (Å²) in [6, 6.07) is 13.9. The van der Waals surface area contributed by atoms with Crippen LogP contribution < -0.4 is 0 Å². The third-order valence-corrected chi connectivity index (χ3v) is 3.80. The number of ketones is 1. The number of hydrogen-bond acceptors (Lipinski definition) is 3. The molecule has 0 bridgehead atoms. The molecule has 4 nitrogen and oxygen atoms in total. The van der Waals surface area contributed by atoms with Crippen molar-refractivity contribution in [2.45, 2.75) is 6.92 Å². The average molecular weight is 328 g/mol. The van der Waals surface area contributed by atoms with E-state index in [9.17, 15) is 9.59 Å². The molecule has 0 atom stereocenters. The maximum Gasteiger partial charge on any atom is 0.338 e. The highest BCUT2D eigenvalue weighted by atomic mass is 35.5. The van der Waals surface area contributed by atoms with Crippen LogP contribution in [-0.2, 0) is 4.74 Å². The molecular weight excluding hydrogens is 314 g/mol.